The van der Waals surface area contributed by atoms with E-state index in [-0.39, 0.29) is 17.9 Å². The van der Waals surface area contributed by atoms with Crippen molar-refractivity contribution in [2.24, 2.45) is 23.5 Å². The lowest BCUT2D eigenvalue weighted by molar-refractivity contribution is -0.122. The lowest BCUT2D eigenvalue weighted by Crippen LogP contribution is -2.48. The van der Waals surface area contributed by atoms with Gasteiger partial charge in [-0.05, 0) is 62.1 Å². The number of fused-ring (bicyclic) bond motifs is 2. The minimum absolute atomic E-state index is 0.0693. The minimum Gasteiger partial charge on any atom is -0.445 e. The summed E-state index contributed by atoms with van der Waals surface area (Å²) < 4.78 is 5.36. The topological polar surface area (TPSA) is 81.2 Å². The molecule has 2 atom stereocenters. The number of amides is 1. The van der Waals surface area contributed by atoms with Crippen molar-refractivity contribution in [2.45, 2.75) is 45.1 Å². The molecular weight excluding hydrogens is 314 g/mol. The van der Waals surface area contributed by atoms with Gasteiger partial charge in [-0.25, -0.2) is 4.98 Å². The molecule has 1 amide bonds. The van der Waals surface area contributed by atoms with Crippen LogP contribution >= 0.6 is 0 Å². The van der Waals surface area contributed by atoms with Gasteiger partial charge in [-0.2, -0.15) is 0 Å². The van der Waals surface area contributed by atoms with Gasteiger partial charge >= 0.3 is 0 Å². The molecule has 1 heterocycles. The van der Waals surface area contributed by atoms with Crippen LogP contribution in [0.15, 0.2) is 35.1 Å². The fourth-order valence-electron chi connectivity index (χ4n) is 4.49. The summed E-state index contributed by atoms with van der Waals surface area (Å²) in [6.45, 7) is 2.00. The summed E-state index contributed by atoms with van der Waals surface area (Å²) in [6.07, 6.45) is 8.60. The van der Waals surface area contributed by atoms with E-state index in [2.05, 4.69) is 10.3 Å². The van der Waals surface area contributed by atoms with Crippen molar-refractivity contribution in [1.82, 2.24) is 4.98 Å². The molecule has 0 spiro atoms. The Morgan fingerprint density at radius 2 is 2.04 bits per heavy atom. The Morgan fingerprint density at radius 3 is 2.72 bits per heavy atom. The first-order valence-corrected chi connectivity index (χ1v) is 9.19. The van der Waals surface area contributed by atoms with Crippen LogP contribution in [0.25, 0.3) is 11.5 Å². The Morgan fingerprint density at radius 1 is 1.28 bits per heavy atom. The van der Waals surface area contributed by atoms with E-state index in [1.54, 1.807) is 12.5 Å². The monoisotopic (exact) mass is 339 g/mol. The van der Waals surface area contributed by atoms with Crippen LogP contribution in [0.4, 0.5) is 5.69 Å². The Kier molecular flexibility index (Phi) is 4.34. The maximum absolute atomic E-state index is 12.9. The molecule has 2 unspecified atom stereocenters. The summed E-state index contributed by atoms with van der Waals surface area (Å²) in [4.78, 5) is 17.0. The lowest BCUT2D eigenvalue weighted by Gasteiger charge is -2.43. The van der Waals surface area contributed by atoms with E-state index in [0.29, 0.717) is 17.7 Å². The highest BCUT2D eigenvalue weighted by Gasteiger charge is 2.40. The zero-order valence-electron chi connectivity index (χ0n) is 14.6. The molecule has 1 aromatic heterocycles. The number of aromatic nitrogens is 1. The largest absolute Gasteiger partial charge is 0.445 e. The summed E-state index contributed by atoms with van der Waals surface area (Å²) in [5, 5.41) is 3.14. The molecule has 5 nitrogen and oxygen atoms in total. The first-order chi connectivity index (χ1) is 12.1. The number of oxazole rings is 1. The van der Waals surface area contributed by atoms with E-state index in [1.807, 2.05) is 25.1 Å². The molecule has 2 aliphatic rings. The van der Waals surface area contributed by atoms with Gasteiger partial charge in [0.2, 0.25) is 11.8 Å². The third-order valence-electron chi connectivity index (χ3n) is 5.96. The first kappa shape index (κ1) is 16.3. The molecule has 1 aromatic carbocycles. The quantitative estimate of drug-likeness (QED) is 0.892. The van der Waals surface area contributed by atoms with E-state index in [0.717, 1.165) is 29.7 Å². The second kappa shape index (κ2) is 6.64. The Balaban J connectivity index is 1.50. The van der Waals surface area contributed by atoms with Crippen LogP contribution in [0.2, 0.25) is 0 Å². The maximum Gasteiger partial charge on any atom is 0.227 e. The number of hydrogen-bond acceptors (Lipinski definition) is 4. The van der Waals surface area contributed by atoms with E-state index >= 15 is 0 Å². The highest BCUT2D eigenvalue weighted by Crippen LogP contribution is 2.42. The second-order valence-corrected chi connectivity index (χ2v) is 7.55. The Bertz CT molecular complexity index is 742. The number of benzene rings is 1. The van der Waals surface area contributed by atoms with Crippen molar-refractivity contribution in [3.05, 3.63) is 36.2 Å². The van der Waals surface area contributed by atoms with Crippen molar-refractivity contribution >= 4 is 11.6 Å². The van der Waals surface area contributed by atoms with Crippen LogP contribution in [-0.2, 0) is 4.79 Å². The SMILES string of the molecule is Cc1ccc(-c2ncco2)cc1NC(=O)C1CC2CCCC(C1)C2N. The molecule has 0 aliphatic heterocycles. The van der Waals surface area contributed by atoms with Crippen molar-refractivity contribution in [3.8, 4) is 11.5 Å². The molecule has 2 fully saturated rings. The van der Waals surface area contributed by atoms with Crippen molar-refractivity contribution in [2.75, 3.05) is 5.32 Å². The van der Waals surface area contributed by atoms with Crippen LogP contribution in [0, 0.1) is 24.7 Å². The van der Waals surface area contributed by atoms with Crippen LogP contribution in [-0.4, -0.2) is 16.9 Å². The fourth-order valence-corrected chi connectivity index (χ4v) is 4.49. The molecule has 0 saturated heterocycles. The molecule has 2 bridgehead atoms. The van der Waals surface area contributed by atoms with Gasteiger partial charge in [-0.3, -0.25) is 4.79 Å². The van der Waals surface area contributed by atoms with Crippen molar-refractivity contribution < 1.29 is 9.21 Å². The predicted octanol–water partition coefficient (Wildman–Crippen LogP) is 3.74. The third kappa shape index (κ3) is 3.21. The van der Waals surface area contributed by atoms with E-state index in [4.69, 9.17) is 10.2 Å². The highest BCUT2D eigenvalue weighted by atomic mass is 16.3. The lowest BCUT2D eigenvalue weighted by atomic mass is 9.65. The number of nitrogens with two attached hydrogens (primary N) is 1. The first-order valence-electron chi connectivity index (χ1n) is 9.19. The van der Waals surface area contributed by atoms with Gasteiger partial charge in [-0.15, -0.1) is 0 Å². The average molecular weight is 339 g/mol. The van der Waals surface area contributed by atoms with Crippen LogP contribution in [0.5, 0.6) is 0 Å². The van der Waals surface area contributed by atoms with E-state index < -0.39 is 0 Å². The van der Waals surface area contributed by atoms with E-state index in [9.17, 15) is 4.79 Å². The van der Waals surface area contributed by atoms with Gasteiger partial charge in [0.05, 0.1) is 6.20 Å². The summed E-state index contributed by atoms with van der Waals surface area (Å²) in [6, 6.07) is 6.17. The molecule has 2 saturated carbocycles. The Hall–Kier alpha value is -2.14. The van der Waals surface area contributed by atoms with Gasteiger partial charge in [0.15, 0.2) is 0 Å². The summed E-state index contributed by atoms with van der Waals surface area (Å²) in [7, 11) is 0. The van der Waals surface area contributed by atoms with Crippen molar-refractivity contribution in [3.63, 3.8) is 0 Å². The Labute approximate surface area is 148 Å². The zero-order chi connectivity index (χ0) is 17.4. The smallest absolute Gasteiger partial charge is 0.227 e. The number of carbonyl (C=O) groups excluding carboxylic acids is 1. The molecule has 2 aromatic rings. The standard InChI is InChI=1S/C20H25N3O2/c1-12-5-6-15(20-22-7-8-25-20)11-17(12)23-19(24)16-9-13-3-2-4-14(10-16)18(13)21/h5-8,11,13-14,16,18H,2-4,9-10,21H2,1H3,(H,23,24). The number of hydrogen-bond donors (Lipinski definition) is 2. The van der Waals surface area contributed by atoms with Gasteiger partial charge < -0.3 is 15.5 Å². The normalized spacial score (nSPS) is 28.6. The average Bonchev–Trinajstić information content (AvgIpc) is 3.11. The molecule has 3 N–H and O–H groups in total. The molecule has 5 heteroatoms. The molecule has 0 radical (unpaired) electrons. The molecule has 132 valence electrons. The van der Waals surface area contributed by atoms with Gasteiger partial charge in [-0.1, -0.05) is 12.5 Å². The predicted molar refractivity (Wildman–Crippen MR) is 96.8 cm³/mol. The number of aryl methyl sites for hydroxylation is 1. The van der Waals surface area contributed by atoms with Crippen LogP contribution in [0.1, 0.15) is 37.7 Å². The highest BCUT2D eigenvalue weighted by molar-refractivity contribution is 5.94. The second-order valence-electron chi connectivity index (χ2n) is 7.55. The molecule has 2 aliphatic carbocycles. The number of carbonyl (C=O) groups is 1. The van der Waals surface area contributed by atoms with Gasteiger partial charge in [0, 0.05) is 23.2 Å². The minimum atomic E-state index is 0.0693. The van der Waals surface area contributed by atoms with E-state index in [1.165, 1.54) is 19.3 Å². The van der Waals surface area contributed by atoms with Gasteiger partial charge in [0.1, 0.15) is 6.26 Å². The molecule has 25 heavy (non-hydrogen) atoms. The molecule has 4 rings (SSSR count). The summed E-state index contributed by atoms with van der Waals surface area (Å²) in [5.41, 5.74) is 9.09. The third-order valence-corrected chi connectivity index (χ3v) is 5.96. The summed E-state index contributed by atoms with van der Waals surface area (Å²) >= 11 is 0. The number of rotatable bonds is 3. The molecular formula is C20H25N3O2. The van der Waals surface area contributed by atoms with Crippen LogP contribution in [0.3, 0.4) is 0 Å². The number of nitrogens with zero attached hydrogens (tertiary/aromatic N) is 1. The van der Waals surface area contributed by atoms with Gasteiger partial charge in [0.25, 0.3) is 0 Å². The fraction of sp³-hybridized carbons (Fsp3) is 0.500. The zero-order valence-corrected chi connectivity index (χ0v) is 14.6. The number of nitrogens with one attached hydrogen (secondary N) is 1. The summed E-state index contributed by atoms with van der Waals surface area (Å²) in [5.74, 6) is 1.76. The number of anilines is 1. The maximum atomic E-state index is 12.9. The van der Waals surface area contributed by atoms with Crippen LogP contribution < -0.4 is 11.1 Å². The van der Waals surface area contributed by atoms with Crippen molar-refractivity contribution in [1.29, 1.82) is 0 Å².